The van der Waals surface area contributed by atoms with Crippen LogP contribution in [-0.2, 0) is 6.54 Å². The van der Waals surface area contributed by atoms with Gasteiger partial charge in [-0.3, -0.25) is 9.13 Å². The number of carboxylic acids is 1. The summed E-state index contributed by atoms with van der Waals surface area (Å²) >= 11 is 12.5. The van der Waals surface area contributed by atoms with E-state index in [1.54, 1.807) is 24.3 Å². The van der Waals surface area contributed by atoms with Crippen LogP contribution in [0.5, 0.6) is 0 Å². The minimum Gasteiger partial charge on any atom is -0.478 e. The lowest BCUT2D eigenvalue weighted by atomic mass is 10.2. The molecule has 1 heterocycles. The van der Waals surface area contributed by atoms with Gasteiger partial charge in [-0.05, 0) is 48.5 Å². The van der Waals surface area contributed by atoms with Crippen molar-refractivity contribution < 1.29 is 14.3 Å². The summed E-state index contributed by atoms with van der Waals surface area (Å²) < 4.78 is 17.3. The monoisotopic (exact) mass is 430 g/mol. The average Bonchev–Trinajstić information content (AvgIpc) is 2.98. The smallest absolute Gasteiger partial charge is 0.335 e. The van der Waals surface area contributed by atoms with Gasteiger partial charge < -0.3 is 5.11 Å². The molecule has 0 atom stereocenters. The first-order valence-corrected chi connectivity index (χ1v) is 9.30. The van der Waals surface area contributed by atoms with Gasteiger partial charge in [0.2, 0.25) is 0 Å². The maximum Gasteiger partial charge on any atom is 0.335 e. The van der Waals surface area contributed by atoms with E-state index in [0.717, 1.165) is 0 Å². The van der Waals surface area contributed by atoms with Crippen LogP contribution in [0.15, 0.2) is 65.5 Å². The Morgan fingerprint density at radius 3 is 2.21 bits per heavy atom. The molecule has 0 amide bonds. The van der Waals surface area contributed by atoms with Gasteiger partial charge in [-0.15, -0.1) is 0 Å². The Morgan fingerprint density at radius 2 is 1.59 bits per heavy atom. The first-order valence-electron chi connectivity index (χ1n) is 8.55. The lowest BCUT2D eigenvalue weighted by Crippen LogP contribution is -2.24. The third-order valence-corrected chi connectivity index (χ3v) is 5.36. The number of carboxylic acid groups (broad SMARTS) is 1. The second-order valence-corrected chi connectivity index (χ2v) is 7.18. The van der Waals surface area contributed by atoms with E-state index in [4.69, 9.17) is 28.3 Å². The first-order chi connectivity index (χ1) is 13.9. The van der Waals surface area contributed by atoms with Gasteiger partial charge in [0, 0.05) is 15.6 Å². The van der Waals surface area contributed by atoms with E-state index in [2.05, 4.69) is 0 Å². The largest absolute Gasteiger partial charge is 0.478 e. The molecule has 0 saturated heterocycles. The number of aromatic nitrogens is 2. The van der Waals surface area contributed by atoms with Gasteiger partial charge in [0.05, 0.1) is 23.3 Å². The van der Waals surface area contributed by atoms with Crippen LogP contribution in [0.25, 0.3) is 16.7 Å². The number of hydrogen-bond donors (Lipinski definition) is 1. The molecule has 29 heavy (non-hydrogen) atoms. The normalized spacial score (nSPS) is 11.1. The van der Waals surface area contributed by atoms with Crippen molar-refractivity contribution in [1.29, 1.82) is 0 Å². The molecule has 0 radical (unpaired) electrons. The highest BCUT2D eigenvalue weighted by Gasteiger charge is 2.19. The topological polar surface area (TPSA) is 64.2 Å². The number of aromatic carboxylic acids is 1. The second kappa shape index (κ2) is 7.39. The Labute approximate surface area is 174 Å². The van der Waals surface area contributed by atoms with Crippen molar-refractivity contribution in [2.24, 2.45) is 0 Å². The number of rotatable bonds is 4. The molecule has 0 aliphatic carbocycles. The SMILES string of the molecule is O=C(O)c1ccc(-n2c(=O)n(Cc3c(Cl)cccc3Cl)c3cccc(F)c32)cc1. The molecule has 0 saturated carbocycles. The summed E-state index contributed by atoms with van der Waals surface area (Å²) in [5.41, 5.74) is 0.914. The minimum atomic E-state index is -1.09. The van der Waals surface area contributed by atoms with Crippen LogP contribution < -0.4 is 5.69 Å². The van der Waals surface area contributed by atoms with Crippen molar-refractivity contribution in [2.75, 3.05) is 0 Å². The van der Waals surface area contributed by atoms with Crippen molar-refractivity contribution >= 4 is 40.2 Å². The molecule has 0 unspecified atom stereocenters. The Balaban J connectivity index is 1.96. The molecule has 8 heteroatoms. The number of imidazole rings is 1. The van der Waals surface area contributed by atoms with Crippen LogP contribution in [0.4, 0.5) is 4.39 Å². The Hall–Kier alpha value is -3.09. The fourth-order valence-corrected chi connectivity index (χ4v) is 3.77. The van der Waals surface area contributed by atoms with Crippen LogP contribution in [0.3, 0.4) is 0 Å². The van der Waals surface area contributed by atoms with Gasteiger partial charge in [0.25, 0.3) is 0 Å². The average molecular weight is 431 g/mol. The molecule has 0 aliphatic rings. The second-order valence-electron chi connectivity index (χ2n) is 6.36. The highest BCUT2D eigenvalue weighted by molar-refractivity contribution is 6.36. The number of carbonyl (C=O) groups is 1. The highest BCUT2D eigenvalue weighted by Crippen LogP contribution is 2.27. The Bertz CT molecular complexity index is 1290. The molecule has 5 nitrogen and oxygen atoms in total. The van der Waals surface area contributed by atoms with Gasteiger partial charge in [-0.25, -0.2) is 14.0 Å². The quantitative estimate of drug-likeness (QED) is 0.496. The van der Waals surface area contributed by atoms with E-state index in [-0.39, 0.29) is 17.6 Å². The third kappa shape index (κ3) is 3.30. The van der Waals surface area contributed by atoms with Crippen LogP contribution in [0.2, 0.25) is 10.0 Å². The van der Waals surface area contributed by atoms with E-state index < -0.39 is 17.5 Å². The van der Waals surface area contributed by atoms with Crippen molar-refractivity contribution in [1.82, 2.24) is 9.13 Å². The summed E-state index contributed by atoms with van der Waals surface area (Å²) in [6, 6.07) is 15.1. The number of para-hydroxylation sites is 1. The molecule has 0 spiro atoms. The van der Waals surface area contributed by atoms with E-state index in [0.29, 0.717) is 26.8 Å². The summed E-state index contributed by atoms with van der Waals surface area (Å²) in [5.74, 6) is -1.67. The van der Waals surface area contributed by atoms with Gasteiger partial charge in [-0.2, -0.15) is 0 Å². The van der Waals surface area contributed by atoms with Crippen LogP contribution >= 0.6 is 23.2 Å². The predicted octanol–water partition coefficient (Wildman–Crippen LogP) is 4.98. The zero-order chi connectivity index (χ0) is 20.7. The lowest BCUT2D eigenvalue weighted by Gasteiger charge is -2.08. The zero-order valence-corrected chi connectivity index (χ0v) is 16.3. The fourth-order valence-electron chi connectivity index (χ4n) is 3.25. The van der Waals surface area contributed by atoms with Crippen LogP contribution in [-0.4, -0.2) is 20.2 Å². The fraction of sp³-hybridized carbons (Fsp3) is 0.0476. The summed E-state index contributed by atoms with van der Waals surface area (Å²) in [7, 11) is 0. The van der Waals surface area contributed by atoms with Crippen molar-refractivity contribution in [3.63, 3.8) is 0 Å². The molecule has 1 N–H and O–H groups in total. The van der Waals surface area contributed by atoms with E-state index >= 15 is 0 Å². The van der Waals surface area contributed by atoms with E-state index in [1.165, 1.54) is 45.5 Å². The minimum absolute atomic E-state index is 0.0531. The van der Waals surface area contributed by atoms with Crippen LogP contribution in [0.1, 0.15) is 15.9 Å². The molecule has 146 valence electrons. The van der Waals surface area contributed by atoms with Gasteiger partial charge in [-0.1, -0.05) is 35.3 Å². The molecular weight excluding hydrogens is 418 g/mol. The summed E-state index contributed by atoms with van der Waals surface area (Å²) in [5, 5.41) is 9.87. The molecular formula is C21H13Cl2FN2O3. The molecule has 1 aromatic heterocycles. The zero-order valence-electron chi connectivity index (χ0n) is 14.8. The number of fused-ring (bicyclic) bond motifs is 1. The molecule has 0 fully saturated rings. The summed E-state index contributed by atoms with van der Waals surface area (Å²) in [6.45, 7) is 0.0531. The molecule has 0 bridgehead atoms. The number of hydrogen-bond acceptors (Lipinski definition) is 2. The third-order valence-electron chi connectivity index (χ3n) is 4.65. The van der Waals surface area contributed by atoms with Crippen molar-refractivity contribution in [3.8, 4) is 5.69 Å². The first kappa shape index (κ1) is 19.2. The Kier molecular flexibility index (Phi) is 4.90. The summed E-state index contributed by atoms with van der Waals surface area (Å²) in [6.07, 6.45) is 0. The molecule has 3 aromatic carbocycles. The standard InChI is InChI=1S/C21H13Cl2FN2O3/c22-15-3-1-4-16(23)14(15)11-25-18-6-2-5-17(24)19(18)26(21(25)29)13-9-7-12(8-10-13)20(27)28/h1-10H,11H2,(H,27,28). The lowest BCUT2D eigenvalue weighted by molar-refractivity contribution is 0.0697. The van der Waals surface area contributed by atoms with Crippen molar-refractivity contribution in [3.05, 3.63) is 98.1 Å². The van der Waals surface area contributed by atoms with Crippen LogP contribution in [0, 0.1) is 5.82 Å². The van der Waals surface area contributed by atoms with E-state index in [1.807, 2.05) is 0 Å². The molecule has 4 rings (SSSR count). The summed E-state index contributed by atoms with van der Waals surface area (Å²) in [4.78, 5) is 24.3. The number of benzene rings is 3. The highest BCUT2D eigenvalue weighted by atomic mass is 35.5. The predicted molar refractivity (Wildman–Crippen MR) is 110 cm³/mol. The van der Waals surface area contributed by atoms with E-state index in [9.17, 15) is 14.0 Å². The van der Waals surface area contributed by atoms with Gasteiger partial charge in [0.15, 0.2) is 0 Å². The maximum absolute atomic E-state index is 14.7. The van der Waals surface area contributed by atoms with Gasteiger partial charge >= 0.3 is 11.7 Å². The van der Waals surface area contributed by atoms with Gasteiger partial charge in [0.1, 0.15) is 11.3 Å². The van der Waals surface area contributed by atoms with Crippen molar-refractivity contribution in [2.45, 2.75) is 6.54 Å². The molecule has 0 aliphatic heterocycles. The molecule has 4 aromatic rings. The number of nitrogens with zero attached hydrogens (tertiary/aromatic N) is 2. The maximum atomic E-state index is 14.7. The number of halogens is 3. The Morgan fingerprint density at radius 1 is 0.966 bits per heavy atom.